The standard InChI is InChI=1S/C15H18N2O2/c1-12-6-7-13(5-4-10-18)14(11-12)16-15(19)17-8-2-3-9-17/h6-7,11,18H,2-3,8-10H2,1H3,(H,16,19). The molecule has 0 saturated carbocycles. The topological polar surface area (TPSA) is 52.6 Å². The molecular weight excluding hydrogens is 240 g/mol. The number of benzene rings is 1. The fraction of sp³-hybridized carbons (Fsp3) is 0.400. The average Bonchev–Trinajstić information content (AvgIpc) is 2.92. The van der Waals surface area contributed by atoms with Crippen LogP contribution in [-0.4, -0.2) is 35.7 Å². The first-order valence-electron chi connectivity index (χ1n) is 6.47. The van der Waals surface area contributed by atoms with E-state index in [1.54, 1.807) is 0 Å². The maximum atomic E-state index is 12.1. The van der Waals surface area contributed by atoms with E-state index in [1.165, 1.54) is 0 Å². The number of nitrogens with zero attached hydrogens (tertiary/aromatic N) is 1. The van der Waals surface area contributed by atoms with E-state index in [4.69, 9.17) is 5.11 Å². The molecule has 100 valence electrons. The maximum absolute atomic E-state index is 12.1. The number of aliphatic hydroxyl groups excluding tert-OH is 1. The van der Waals surface area contributed by atoms with Gasteiger partial charge in [-0.25, -0.2) is 4.79 Å². The van der Waals surface area contributed by atoms with Gasteiger partial charge in [-0.05, 0) is 37.5 Å². The quantitative estimate of drug-likeness (QED) is 0.757. The fourth-order valence-electron chi connectivity index (χ4n) is 2.12. The van der Waals surface area contributed by atoms with Crippen LogP contribution in [0.5, 0.6) is 0 Å². The van der Waals surface area contributed by atoms with Gasteiger partial charge in [-0.2, -0.15) is 0 Å². The molecule has 19 heavy (non-hydrogen) atoms. The van der Waals surface area contributed by atoms with Gasteiger partial charge in [0.1, 0.15) is 6.61 Å². The van der Waals surface area contributed by atoms with E-state index in [1.807, 2.05) is 30.0 Å². The highest BCUT2D eigenvalue weighted by Gasteiger charge is 2.18. The van der Waals surface area contributed by atoms with Crippen molar-refractivity contribution >= 4 is 11.7 Å². The molecule has 4 heteroatoms. The van der Waals surface area contributed by atoms with Gasteiger partial charge in [-0.15, -0.1) is 0 Å². The number of hydrogen-bond donors (Lipinski definition) is 2. The van der Waals surface area contributed by atoms with Gasteiger partial charge >= 0.3 is 6.03 Å². The second-order valence-corrected chi connectivity index (χ2v) is 4.63. The van der Waals surface area contributed by atoms with E-state index in [2.05, 4.69) is 17.2 Å². The second kappa shape index (κ2) is 6.26. The molecule has 1 aromatic rings. The van der Waals surface area contributed by atoms with Crippen molar-refractivity contribution in [3.63, 3.8) is 0 Å². The van der Waals surface area contributed by atoms with E-state index >= 15 is 0 Å². The Morgan fingerprint density at radius 2 is 2.16 bits per heavy atom. The minimum absolute atomic E-state index is 0.0739. The lowest BCUT2D eigenvalue weighted by atomic mass is 10.1. The summed E-state index contributed by atoms with van der Waals surface area (Å²) in [7, 11) is 0. The van der Waals surface area contributed by atoms with Crippen LogP contribution in [0, 0.1) is 18.8 Å². The van der Waals surface area contributed by atoms with Crippen molar-refractivity contribution in [3.05, 3.63) is 29.3 Å². The average molecular weight is 258 g/mol. The molecule has 1 aliphatic heterocycles. The number of anilines is 1. The Morgan fingerprint density at radius 3 is 2.84 bits per heavy atom. The molecule has 2 rings (SSSR count). The molecule has 0 radical (unpaired) electrons. The van der Waals surface area contributed by atoms with Crippen LogP contribution in [0.1, 0.15) is 24.0 Å². The van der Waals surface area contributed by atoms with E-state index in [9.17, 15) is 4.79 Å². The van der Waals surface area contributed by atoms with Gasteiger partial charge in [0.25, 0.3) is 0 Å². The molecule has 2 amide bonds. The SMILES string of the molecule is Cc1ccc(C#CCO)c(NC(=O)N2CCCC2)c1. The molecule has 0 unspecified atom stereocenters. The summed E-state index contributed by atoms with van der Waals surface area (Å²) in [5.41, 5.74) is 2.50. The van der Waals surface area contributed by atoms with Crippen LogP contribution in [0.15, 0.2) is 18.2 Å². The predicted molar refractivity (Wildman–Crippen MR) is 75.0 cm³/mol. The minimum atomic E-state index is -0.187. The highest BCUT2D eigenvalue weighted by Crippen LogP contribution is 2.18. The summed E-state index contributed by atoms with van der Waals surface area (Å²) in [6.45, 7) is 3.41. The van der Waals surface area contributed by atoms with E-state index in [0.29, 0.717) is 5.69 Å². The van der Waals surface area contributed by atoms with Crippen LogP contribution in [-0.2, 0) is 0 Å². The molecule has 0 spiro atoms. The Kier molecular flexibility index (Phi) is 4.43. The van der Waals surface area contributed by atoms with Crippen molar-refractivity contribution < 1.29 is 9.90 Å². The zero-order valence-electron chi connectivity index (χ0n) is 11.1. The summed E-state index contributed by atoms with van der Waals surface area (Å²) in [6, 6.07) is 5.62. The number of aliphatic hydroxyl groups is 1. The zero-order chi connectivity index (χ0) is 13.7. The van der Waals surface area contributed by atoms with E-state index < -0.39 is 0 Å². The number of hydrogen-bond acceptors (Lipinski definition) is 2. The normalized spacial score (nSPS) is 13.9. The molecule has 0 aromatic heterocycles. The number of amides is 2. The third-order valence-corrected chi connectivity index (χ3v) is 3.11. The molecule has 1 fully saturated rings. The van der Waals surface area contributed by atoms with Crippen molar-refractivity contribution in [2.24, 2.45) is 0 Å². The van der Waals surface area contributed by atoms with Crippen LogP contribution in [0.2, 0.25) is 0 Å². The van der Waals surface area contributed by atoms with Gasteiger partial charge in [-0.3, -0.25) is 0 Å². The highest BCUT2D eigenvalue weighted by molar-refractivity contribution is 5.91. The summed E-state index contributed by atoms with van der Waals surface area (Å²) in [4.78, 5) is 13.9. The zero-order valence-corrected chi connectivity index (χ0v) is 11.1. The van der Waals surface area contributed by atoms with E-state index in [-0.39, 0.29) is 12.6 Å². The Hall–Kier alpha value is -1.99. The number of nitrogens with one attached hydrogen (secondary N) is 1. The number of urea groups is 1. The molecule has 1 saturated heterocycles. The third-order valence-electron chi connectivity index (χ3n) is 3.11. The molecule has 2 N–H and O–H groups in total. The van der Waals surface area contributed by atoms with Crippen molar-refractivity contribution in [3.8, 4) is 11.8 Å². The maximum Gasteiger partial charge on any atom is 0.321 e. The van der Waals surface area contributed by atoms with E-state index in [0.717, 1.165) is 37.1 Å². The van der Waals surface area contributed by atoms with Crippen LogP contribution >= 0.6 is 0 Å². The van der Waals surface area contributed by atoms with Gasteiger partial charge in [-0.1, -0.05) is 17.9 Å². The van der Waals surface area contributed by atoms with Crippen LogP contribution in [0.4, 0.5) is 10.5 Å². The summed E-state index contributed by atoms with van der Waals surface area (Å²) in [5.74, 6) is 5.46. The second-order valence-electron chi connectivity index (χ2n) is 4.63. The lowest BCUT2D eigenvalue weighted by Gasteiger charge is -2.17. The smallest absolute Gasteiger partial charge is 0.321 e. The molecule has 0 bridgehead atoms. The lowest BCUT2D eigenvalue weighted by molar-refractivity contribution is 0.222. The Balaban J connectivity index is 2.17. The lowest BCUT2D eigenvalue weighted by Crippen LogP contribution is -2.32. The first-order chi connectivity index (χ1) is 9.20. The van der Waals surface area contributed by atoms with Crippen LogP contribution < -0.4 is 5.32 Å². The Bertz CT molecular complexity index is 523. The summed E-state index contributed by atoms with van der Waals surface area (Å²) in [6.07, 6.45) is 2.14. The monoisotopic (exact) mass is 258 g/mol. The van der Waals surface area contributed by atoms with Gasteiger partial charge in [0.05, 0.1) is 5.69 Å². The van der Waals surface area contributed by atoms with Gasteiger partial charge in [0.15, 0.2) is 0 Å². The summed E-state index contributed by atoms with van der Waals surface area (Å²) >= 11 is 0. The van der Waals surface area contributed by atoms with Crippen molar-refractivity contribution in [1.82, 2.24) is 4.90 Å². The van der Waals surface area contributed by atoms with Crippen LogP contribution in [0.3, 0.4) is 0 Å². The number of carbonyl (C=O) groups excluding carboxylic acids is 1. The van der Waals surface area contributed by atoms with Gasteiger partial charge in [0.2, 0.25) is 0 Å². The number of aryl methyl sites for hydroxylation is 1. The van der Waals surface area contributed by atoms with Crippen LogP contribution in [0.25, 0.3) is 0 Å². The first kappa shape index (κ1) is 13.4. The highest BCUT2D eigenvalue weighted by atomic mass is 16.2. The molecule has 1 heterocycles. The summed E-state index contributed by atoms with van der Waals surface area (Å²) < 4.78 is 0. The molecular formula is C15H18N2O2. The largest absolute Gasteiger partial charge is 0.384 e. The predicted octanol–water partition coefficient (Wildman–Crippen LogP) is 1.97. The number of likely N-dealkylation sites (tertiary alicyclic amines) is 1. The van der Waals surface area contributed by atoms with Crippen molar-refractivity contribution in [2.75, 3.05) is 25.0 Å². The molecule has 0 aliphatic carbocycles. The fourth-order valence-corrected chi connectivity index (χ4v) is 2.12. The summed E-state index contributed by atoms with van der Waals surface area (Å²) in [5, 5.41) is 11.7. The Labute approximate surface area is 113 Å². The first-order valence-corrected chi connectivity index (χ1v) is 6.47. The number of rotatable bonds is 1. The molecule has 1 aromatic carbocycles. The number of carbonyl (C=O) groups is 1. The Morgan fingerprint density at radius 1 is 1.42 bits per heavy atom. The minimum Gasteiger partial charge on any atom is -0.384 e. The van der Waals surface area contributed by atoms with Crippen molar-refractivity contribution in [2.45, 2.75) is 19.8 Å². The molecule has 1 aliphatic rings. The molecule has 4 nitrogen and oxygen atoms in total. The van der Waals surface area contributed by atoms with Crippen molar-refractivity contribution in [1.29, 1.82) is 0 Å². The third kappa shape index (κ3) is 3.49. The molecule has 0 atom stereocenters. The van der Waals surface area contributed by atoms with Gasteiger partial charge < -0.3 is 15.3 Å². The van der Waals surface area contributed by atoms with Gasteiger partial charge in [0, 0.05) is 18.7 Å².